The molecule has 0 saturated heterocycles. The zero-order valence-corrected chi connectivity index (χ0v) is 15.8. The van der Waals surface area contributed by atoms with E-state index in [1.807, 2.05) is 0 Å². The number of anilines is 1. The number of carbonyl (C=O) groups is 1. The van der Waals surface area contributed by atoms with Crippen molar-refractivity contribution in [1.29, 1.82) is 0 Å². The Kier molecular flexibility index (Phi) is 4.48. The van der Waals surface area contributed by atoms with Crippen LogP contribution in [0.1, 0.15) is 18.9 Å². The van der Waals surface area contributed by atoms with Crippen molar-refractivity contribution in [2.45, 2.75) is 25.4 Å². The van der Waals surface area contributed by atoms with Crippen molar-refractivity contribution in [2.24, 2.45) is 0 Å². The predicted molar refractivity (Wildman–Crippen MR) is 103 cm³/mol. The number of methoxy groups -OCH3 is 1. The van der Waals surface area contributed by atoms with Gasteiger partial charge in [0.05, 0.1) is 17.6 Å². The van der Waals surface area contributed by atoms with Gasteiger partial charge in [-0.15, -0.1) is 0 Å². The molecule has 2 aromatic heterocycles. The Labute approximate surface area is 162 Å². The highest BCUT2D eigenvalue weighted by molar-refractivity contribution is 7.04. The second-order valence-electron chi connectivity index (χ2n) is 6.22. The van der Waals surface area contributed by atoms with E-state index in [4.69, 9.17) is 16.3 Å². The maximum Gasteiger partial charge on any atom is 0.332 e. The summed E-state index contributed by atoms with van der Waals surface area (Å²) in [5.74, 6) is 0.0836. The molecule has 0 unspecified atom stereocenters. The first-order valence-corrected chi connectivity index (χ1v) is 9.44. The van der Waals surface area contributed by atoms with Crippen molar-refractivity contribution >= 4 is 45.8 Å². The van der Waals surface area contributed by atoms with Gasteiger partial charge in [0.15, 0.2) is 5.52 Å². The third-order valence-electron chi connectivity index (χ3n) is 4.35. The van der Waals surface area contributed by atoms with E-state index in [-0.39, 0.29) is 18.1 Å². The fourth-order valence-corrected chi connectivity index (χ4v) is 3.83. The number of carbonyl (C=O) groups excluding carboxylic acids is 1. The van der Waals surface area contributed by atoms with E-state index in [0.29, 0.717) is 22.0 Å². The van der Waals surface area contributed by atoms with Gasteiger partial charge in [0.25, 0.3) is 5.56 Å². The summed E-state index contributed by atoms with van der Waals surface area (Å²) >= 11 is 7.15. The highest BCUT2D eigenvalue weighted by Gasteiger charge is 2.29. The minimum absolute atomic E-state index is 0.106. The molecule has 10 heteroatoms. The minimum atomic E-state index is -0.488. The molecule has 3 aromatic rings. The quantitative estimate of drug-likeness (QED) is 0.701. The fourth-order valence-electron chi connectivity index (χ4n) is 2.90. The lowest BCUT2D eigenvalue weighted by Crippen LogP contribution is -2.41. The van der Waals surface area contributed by atoms with Crippen LogP contribution in [-0.4, -0.2) is 26.5 Å². The number of rotatable bonds is 5. The van der Waals surface area contributed by atoms with Crippen molar-refractivity contribution in [3.05, 3.63) is 49.4 Å². The van der Waals surface area contributed by atoms with Crippen LogP contribution in [0.25, 0.3) is 11.0 Å². The van der Waals surface area contributed by atoms with Crippen molar-refractivity contribution in [2.75, 3.05) is 12.4 Å². The standard InChI is InChI=1S/C17H15ClN4O4S/c1-26-13-5-2-9(6-11(13)18)19-14(23)7-21-12-8-27-20-15(12)16(24)22(17(21)25)10-3-4-10/h2,5-6,8,10H,3-4,7H2,1H3,(H,19,23). The Morgan fingerprint density at radius 2 is 2.19 bits per heavy atom. The molecule has 0 aliphatic heterocycles. The van der Waals surface area contributed by atoms with Gasteiger partial charge < -0.3 is 10.1 Å². The molecule has 1 aliphatic rings. The van der Waals surface area contributed by atoms with Gasteiger partial charge in [-0.3, -0.25) is 18.7 Å². The number of nitrogens with one attached hydrogen (secondary N) is 1. The number of amides is 1. The topological polar surface area (TPSA) is 95.2 Å². The van der Waals surface area contributed by atoms with E-state index in [1.54, 1.807) is 23.6 Å². The summed E-state index contributed by atoms with van der Waals surface area (Å²) < 4.78 is 11.7. The molecule has 0 bridgehead atoms. The van der Waals surface area contributed by atoms with Gasteiger partial charge >= 0.3 is 5.69 Å². The number of hydrogen-bond donors (Lipinski definition) is 1. The lowest BCUT2D eigenvalue weighted by atomic mass is 10.3. The Hall–Kier alpha value is -2.65. The summed E-state index contributed by atoms with van der Waals surface area (Å²) in [4.78, 5) is 37.8. The lowest BCUT2D eigenvalue weighted by molar-refractivity contribution is -0.116. The number of ether oxygens (including phenoxy) is 1. The van der Waals surface area contributed by atoms with E-state index < -0.39 is 17.2 Å². The van der Waals surface area contributed by atoms with Crippen LogP contribution in [-0.2, 0) is 11.3 Å². The smallest absolute Gasteiger partial charge is 0.332 e. The van der Waals surface area contributed by atoms with Crippen LogP contribution in [0.5, 0.6) is 5.75 Å². The van der Waals surface area contributed by atoms with E-state index in [0.717, 1.165) is 24.4 Å². The number of hydrogen-bond acceptors (Lipinski definition) is 6. The van der Waals surface area contributed by atoms with Crippen LogP contribution in [0.2, 0.25) is 5.02 Å². The molecule has 27 heavy (non-hydrogen) atoms. The molecule has 1 fully saturated rings. The molecule has 0 atom stereocenters. The molecule has 0 radical (unpaired) electrons. The van der Waals surface area contributed by atoms with Crippen LogP contribution < -0.4 is 21.3 Å². The number of halogens is 1. The highest BCUT2D eigenvalue weighted by atomic mass is 35.5. The molecule has 2 heterocycles. The van der Waals surface area contributed by atoms with Crippen molar-refractivity contribution in [3.63, 3.8) is 0 Å². The summed E-state index contributed by atoms with van der Waals surface area (Å²) in [5, 5.41) is 4.67. The van der Waals surface area contributed by atoms with E-state index in [1.165, 1.54) is 16.2 Å². The predicted octanol–water partition coefficient (Wildman–Crippen LogP) is 2.26. The second-order valence-corrected chi connectivity index (χ2v) is 7.26. The average molecular weight is 407 g/mol. The molecule has 1 aromatic carbocycles. The fraction of sp³-hybridized carbons (Fsp3) is 0.294. The second kappa shape index (κ2) is 6.82. The molecular formula is C17H15ClN4O4S. The van der Waals surface area contributed by atoms with Crippen LogP contribution in [0, 0.1) is 0 Å². The monoisotopic (exact) mass is 406 g/mol. The zero-order valence-electron chi connectivity index (χ0n) is 14.3. The van der Waals surface area contributed by atoms with Crippen molar-refractivity contribution < 1.29 is 9.53 Å². The first kappa shape index (κ1) is 17.7. The lowest BCUT2D eigenvalue weighted by Gasteiger charge is -2.12. The Balaban J connectivity index is 1.66. The van der Waals surface area contributed by atoms with Crippen LogP contribution in [0.15, 0.2) is 33.2 Å². The number of aromatic nitrogens is 3. The average Bonchev–Trinajstić information content (AvgIpc) is 3.33. The first-order valence-electron chi connectivity index (χ1n) is 8.22. The van der Waals surface area contributed by atoms with Crippen LogP contribution >= 0.6 is 23.1 Å². The van der Waals surface area contributed by atoms with E-state index in [2.05, 4.69) is 9.69 Å². The highest BCUT2D eigenvalue weighted by Crippen LogP contribution is 2.32. The van der Waals surface area contributed by atoms with Gasteiger partial charge in [0.1, 0.15) is 12.3 Å². The molecule has 1 N–H and O–H groups in total. The summed E-state index contributed by atoms with van der Waals surface area (Å²) in [7, 11) is 1.50. The molecular weight excluding hydrogens is 392 g/mol. The molecule has 4 rings (SSSR count). The van der Waals surface area contributed by atoms with E-state index in [9.17, 15) is 14.4 Å². The number of fused-ring (bicyclic) bond motifs is 1. The number of benzene rings is 1. The Bertz CT molecular complexity index is 1160. The van der Waals surface area contributed by atoms with Crippen LogP contribution in [0.4, 0.5) is 5.69 Å². The third kappa shape index (κ3) is 3.24. The summed E-state index contributed by atoms with van der Waals surface area (Å²) in [5.41, 5.74) is 0.186. The summed E-state index contributed by atoms with van der Waals surface area (Å²) in [6.07, 6.45) is 1.56. The van der Waals surface area contributed by atoms with Gasteiger partial charge in [0.2, 0.25) is 5.91 Å². The number of nitrogens with zero attached hydrogens (tertiary/aromatic N) is 3. The molecule has 0 spiro atoms. The van der Waals surface area contributed by atoms with Crippen LogP contribution in [0.3, 0.4) is 0 Å². The third-order valence-corrected chi connectivity index (χ3v) is 5.26. The van der Waals surface area contributed by atoms with E-state index >= 15 is 0 Å². The summed E-state index contributed by atoms with van der Waals surface area (Å²) in [6, 6.07) is 4.75. The normalized spacial score (nSPS) is 13.7. The minimum Gasteiger partial charge on any atom is -0.495 e. The van der Waals surface area contributed by atoms with Gasteiger partial charge in [-0.05, 0) is 42.6 Å². The first-order chi connectivity index (χ1) is 13.0. The summed E-state index contributed by atoms with van der Waals surface area (Å²) in [6.45, 7) is -0.232. The van der Waals surface area contributed by atoms with Crippen molar-refractivity contribution in [3.8, 4) is 5.75 Å². The Morgan fingerprint density at radius 3 is 2.85 bits per heavy atom. The van der Waals surface area contributed by atoms with Gasteiger partial charge in [-0.2, -0.15) is 4.37 Å². The molecule has 1 saturated carbocycles. The molecule has 140 valence electrons. The largest absolute Gasteiger partial charge is 0.495 e. The maximum atomic E-state index is 12.8. The SMILES string of the molecule is COc1ccc(NC(=O)Cn2c(=O)n(C3CC3)c(=O)c3nscc32)cc1Cl. The molecule has 8 nitrogen and oxygen atoms in total. The molecule has 1 aliphatic carbocycles. The van der Waals surface area contributed by atoms with Gasteiger partial charge in [-0.1, -0.05) is 11.6 Å². The zero-order chi connectivity index (χ0) is 19.1. The van der Waals surface area contributed by atoms with Crippen molar-refractivity contribution in [1.82, 2.24) is 13.5 Å². The Morgan fingerprint density at radius 1 is 1.41 bits per heavy atom. The van der Waals surface area contributed by atoms with Gasteiger partial charge in [-0.25, -0.2) is 4.79 Å². The maximum absolute atomic E-state index is 12.8. The molecule has 1 amide bonds. The van der Waals surface area contributed by atoms with Gasteiger partial charge in [0, 0.05) is 17.1 Å².